The van der Waals surface area contributed by atoms with Crippen LogP contribution in [0.2, 0.25) is 0 Å². The molecule has 0 aliphatic heterocycles. The highest BCUT2D eigenvalue weighted by atomic mass is 79.9. The van der Waals surface area contributed by atoms with Crippen molar-refractivity contribution in [2.75, 3.05) is 0 Å². The molecule has 5 heteroatoms. The fourth-order valence-corrected chi connectivity index (χ4v) is 3.15. The molecule has 2 N–H and O–H groups in total. The minimum atomic E-state index is -0.293. The van der Waals surface area contributed by atoms with Gasteiger partial charge in [0.1, 0.15) is 18.2 Å². The predicted octanol–water partition coefficient (Wildman–Crippen LogP) is 4.12. The smallest absolute Gasteiger partial charge is 0.127 e. The third-order valence-corrected chi connectivity index (χ3v) is 4.45. The Morgan fingerprint density at radius 3 is 2.84 bits per heavy atom. The molecule has 0 radical (unpaired) electrons. The molecule has 1 heterocycles. The summed E-state index contributed by atoms with van der Waals surface area (Å²) >= 11 is 5.04. The zero-order valence-electron chi connectivity index (χ0n) is 10.5. The van der Waals surface area contributed by atoms with Crippen LogP contribution >= 0.6 is 27.3 Å². The van der Waals surface area contributed by atoms with E-state index in [9.17, 15) is 4.39 Å². The first-order chi connectivity index (χ1) is 9.04. The lowest BCUT2D eigenvalue weighted by Crippen LogP contribution is -2.17. The Morgan fingerprint density at radius 1 is 1.42 bits per heavy atom. The van der Waals surface area contributed by atoms with Gasteiger partial charge in [0.25, 0.3) is 0 Å². The average molecular weight is 344 g/mol. The lowest BCUT2D eigenvalue weighted by atomic mass is 10.1. The van der Waals surface area contributed by atoms with Gasteiger partial charge >= 0.3 is 0 Å². The minimum absolute atomic E-state index is 0.00101. The van der Waals surface area contributed by atoms with Crippen molar-refractivity contribution in [2.45, 2.75) is 26.0 Å². The van der Waals surface area contributed by atoms with Gasteiger partial charge in [0.05, 0.1) is 4.88 Å². The van der Waals surface area contributed by atoms with Crippen LogP contribution < -0.4 is 10.5 Å². The third-order valence-electron chi connectivity index (χ3n) is 2.55. The van der Waals surface area contributed by atoms with Crippen molar-refractivity contribution < 1.29 is 9.13 Å². The summed E-state index contributed by atoms with van der Waals surface area (Å²) < 4.78 is 20.1. The fourth-order valence-electron chi connectivity index (χ4n) is 1.77. The van der Waals surface area contributed by atoms with Crippen molar-refractivity contribution in [3.63, 3.8) is 0 Å². The van der Waals surface area contributed by atoms with E-state index in [1.165, 1.54) is 12.1 Å². The molecule has 0 aliphatic carbocycles. The van der Waals surface area contributed by atoms with E-state index >= 15 is 0 Å². The van der Waals surface area contributed by atoms with Gasteiger partial charge in [0.2, 0.25) is 0 Å². The molecule has 2 rings (SSSR count). The first-order valence-corrected chi connectivity index (χ1v) is 7.61. The van der Waals surface area contributed by atoms with Crippen LogP contribution in [0.3, 0.4) is 0 Å². The van der Waals surface area contributed by atoms with Crippen LogP contribution in [0, 0.1) is 5.82 Å². The Balaban J connectivity index is 2.07. The SMILES string of the molecule is CC(N)Cc1cc(F)cc(OCc2sccc2Br)c1. The quantitative estimate of drug-likeness (QED) is 0.886. The summed E-state index contributed by atoms with van der Waals surface area (Å²) in [6, 6.07) is 6.70. The Kier molecular flexibility index (Phi) is 4.96. The van der Waals surface area contributed by atoms with Gasteiger partial charge in [-0.2, -0.15) is 0 Å². The standard InChI is InChI=1S/C14H15BrFNOS/c1-9(17)4-10-5-11(16)7-12(6-10)18-8-14-13(15)2-3-19-14/h2-3,5-7,9H,4,8,17H2,1H3. The summed E-state index contributed by atoms with van der Waals surface area (Å²) in [5.74, 6) is 0.245. The normalized spacial score (nSPS) is 12.4. The first kappa shape index (κ1) is 14.5. The summed E-state index contributed by atoms with van der Waals surface area (Å²) in [5.41, 5.74) is 6.58. The van der Waals surface area contributed by atoms with E-state index in [2.05, 4.69) is 15.9 Å². The summed E-state index contributed by atoms with van der Waals surface area (Å²) in [6.45, 7) is 2.33. The molecule has 1 unspecified atom stereocenters. The number of benzene rings is 1. The molecule has 0 amide bonds. The van der Waals surface area contributed by atoms with Crippen LogP contribution in [-0.4, -0.2) is 6.04 Å². The van der Waals surface area contributed by atoms with Gasteiger partial charge < -0.3 is 10.5 Å². The number of ether oxygens (including phenoxy) is 1. The van der Waals surface area contributed by atoms with Gasteiger partial charge in [0.15, 0.2) is 0 Å². The topological polar surface area (TPSA) is 35.2 Å². The molecule has 0 saturated heterocycles. The molecule has 0 aliphatic rings. The third kappa shape index (κ3) is 4.30. The van der Waals surface area contributed by atoms with Crippen LogP contribution in [0.25, 0.3) is 0 Å². The first-order valence-electron chi connectivity index (χ1n) is 5.94. The van der Waals surface area contributed by atoms with Crippen molar-refractivity contribution in [2.24, 2.45) is 5.73 Å². The van der Waals surface area contributed by atoms with E-state index in [0.717, 1.165) is 14.9 Å². The van der Waals surface area contributed by atoms with Gasteiger partial charge in [-0.25, -0.2) is 4.39 Å². The number of rotatable bonds is 5. The van der Waals surface area contributed by atoms with Gasteiger partial charge in [0, 0.05) is 16.6 Å². The van der Waals surface area contributed by atoms with Crippen LogP contribution in [0.5, 0.6) is 5.75 Å². The lowest BCUT2D eigenvalue weighted by Gasteiger charge is -2.10. The second kappa shape index (κ2) is 6.50. The monoisotopic (exact) mass is 343 g/mol. The summed E-state index contributed by atoms with van der Waals surface area (Å²) in [4.78, 5) is 1.08. The zero-order valence-corrected chi connectivity index (χ0v) is 12.9. The van der Waals surface area contributed by atoms with Crippen LogP contribution in [0.1, 0.15) is 17.4 Å². The maximum Gasteiger partial charge on any atom is 0.127 e. The molecule has 102 valence electrons. The summed E-state index contributed by atoms with van der Waals surface area (Å²) in [5, 5.41) is 1.98. The van der Waals surface area contributed by atoms with Crippen molar-refractivity contribution in [3.05, 3.63) is 50.4 Å². The number of nitrogens with two attached hydrogens (primary N) is 1. The summed E-state index contributed by atoms with van der Waals surface area (Å²) in [7, 11) is 0. The number of hydrogen-bond donors (Lipinski definition) is 1. The molecule has 0 bridgehead atoms. The molecule has 0 fully saturated rings. The second-order valence-corrected chi connectivity index (χ2v) is 6.31. The molecule has 0 saturated carbocycles. The molecule has 1 atom stereocenters. The van der Waals surface area contributed by atoms with E-state index < -0.39 is 0 Å². The molecular weight excluding hydrogens is 329 g/mol. The lowest BCUT2D eigenvalue weighted by molar-refractivity contribution is 0.307. The van der Waals surface area contributed by atoms with Crippen molar-refractivity contribution in [3.8, 4) is 5.75 Å². The van der Waals surface area contributed by atoms with Crippen molar-refractivity contribution in [1.29, 1.82) is 0 Å². The largest absolute Gasteiger partial charge is 0.488 e. The Morgan fingerprint density at radius 2 is 2.21 bits per heavy atom. The molecule has 1 aromatic carbocycles. The number of thiophene rings is 1. The highest BCUT2D eigenvalue weighted by Crippen LogP contribution is 2.25. The van der Waals surface area contributed by atoms with E-state index in [1.54, 1.807) is 11.3 Å². The van der Waals surface area contributed by atoms with Crippen molar-refractivity contribution in [1.82, 2.24) is 0 Å². The molecule has 1 aromatic heterocycles. The molecular formula is C14H15BrFNOS. The number of halogens is 2. The van der Waals surface area contributed by atoms with Crippen molar-refractivity contribution >= 4 is 27.3 Å². The van der Waals surface area contributed by atoms with Gasteiger partial charge in [-0.1, -0.05) is 0 Å². The Hall–Kier alpha value is -0.910. The number of hydrogen-bond acceptors (Lipinski definition) is 3. The highest BCUT2D eigenvalue weighted by Gasteiger charge is 2.06. The average Bonchev–Trinajstić information content (AvgIpc) is 2.70. The fraction of sp³-hybridized carbons (Fsp3) is 0.286. The maximum atomic E-state index is 13.5. The van der Waals surface area contributed by atoms with Crippen LogP contribution in [0.15, 0.2) is 34.1 Å². The van der Waals surface area contributed by atoms with Crippen LogP contribution in [-0.2, 0) is 13.0 Å². The van der Waals surface area contributed by atoms with E-state index in [-0.39, 0.29) is 11.9 Å². The van der Waals surface area contributed by atoms with Gasteiger partial charge in [-0.05, 0) is 58.4 Å². The van der Waals surface area contributed by atoms with E-state index in [0.29, 0.717) is 18.8 Å². The highest BCUT2D eigenvalue weighted by molar-refractivity contribution is 9.10. The zero-order chi connectivity index (χ0) is 13.8. The molecule has 19 heavy (non-hydrogen) atoms. The molecule has 2 nitrogen and oxygen atoms in total. The Bertz CT molecular complexity index is 556. The van der Waals surface area contributed by atoms with E-state index in [4.69, 9.17) is 10.5 Å². The van der Waals surface area contributed by atoms with Gasteiger partial charge in [-0.15, -0.1) is 11.3 Å². The molecule has 2 aromatic rings. The molecule has 0 spiro atoms. The Labute approximate surface area is 124 Å². The minimum Gasteiger partial charge on any atom is -0.488 e. The van der Waals surface area contributed by atoms with Crippen LogP contribution in [0.4, 0.5) is 4.39 Å². The predicted molar refractivity (Wildman–Crippen MR) is 80.1 cm³/mol. The van der Waals surface area contributed by atoms with E-state index in [1.807, 2.05) is 24.4 Å². The maximum absolute atomic E-state index is 13.5. The second-order valence-electron chi connectivity index (χ2n) is 4.46. The summed E-state index contributed by atoms with van der Waals surface area (Å²) in [6.07, 6.45) is 0.636. The van der Waals surface area contributed by atoms with Gasteiger partial charge in [-0.3, -0.25) is 0 Å².